The summed E-state index contributed by atoms with van der Waals surface area (Å²) in [5.74, 6) is 0.281. The highest BCUT2D eigenvalue weighted by Gasteiger charge is 2.05. The number of benzene rings is 1. The minimum atomic E-state index is -0.0747. The van der Waals surface area contributed by atoms with Gasteiger partial charge < -0.3 is 16.0 Å². The highest BCUT2D eigenvalue weighted by Crippen LogP contribution is 2.14. The standard InChI is InChI=1S/C14H21N3O2/c1-10(2)8-13(18)17-12-6-4-11(5-7-12)16-9-14(19)15-3/h4-7,10,16H,8-9H2,1-3H3,(H,15,19)(H,17,18). The lowest BCUT2D eigenvalue weighted by molar-refractivity contribution is -0.119. The van der Waals surface area contributed by atoms with E-state index in [1.807, 2.05) is 38.1 Å². The largest absolute Gasteiger partial charge is 0.376 e. The van der Waals surface area contributed by atoms with Crippen LogP contribution in [-0.2, 0) is 9.59 Å². The minimum Gasteiger partial charge on any atom is -0.376 e. The van der Waals surface area contributed by atoms with Crippen molar-refractivity contribution in [2.45, 2.75) is 20.3 Å². The number of rotatable bonds is 6. The van der Waals surface area contributed by atoms with Crippen molar-refractivity contribution in [1.29, 1.82) is 0 Å². The summed E-state index contributed by atoms with van der Waals surface area (Å²) < 4.78 is 0. The van der Waals surface area contributed by atoms with E-state index in [4.69, 9.17) is 0 Å². The predicted molar refractivity (Wildman–Crippen MR) is 77.1 cm³/mol. The van der Waals surface area contributed by atoms with Crippen molar-refractivity contribution in [3.63, 3.8) is 0 Å². The molecule has 19 heavy (non-hydrogen) atoms. The molecule has 0 heterocycles. The van der Waals surface area contributed by atoms with Gasteiger partial charge in [0, 0.05) is 24.8 Å². The van der Waals surface area contributed by atoms with Crippen LogP contribution in [0.1, 0.15) is 20.3 Å². The fraction of sp³-hybridized carbons (Fsp3) is 0.429. The Morgan fingerprint density at radius 3 is 2.16 bits per heavy atom. The zero-order chi connectivity index (χ0) is 14.3. The first-order valence-corrected chi connectivity index (χ1v) is 6.35. The van der Waals surface area contributed by atoms with E-state index in [2.05, 4.69) is 16.0 Å². The van der Waals surface area contributed by atoms with E-state index in [-0.39, 0.29) is 18.4 Å². The normalized spacial score (nSPS) is 10.1. The number of amides is 2. The Balaban J connectivity index is 2.47. The van der Waals surface area contributed by atoms with Crippen molar-refractivity contribution >= 4 is 23.2 Å². The summed E-state index contributed by atoms with van der Waals surface area (Å²) in [5, 5.41) is 8.35. The fourth-order valence-corrected chi connectivity index (χ4v) is 1.52. The number of nitrogens with one attached hydrogen (secondary N) is 3. The van der Waals surface area contributed by atoms with Crippen molar-refractivity contribution < 1.29 is 9.59 Å². The second kappa shape index (κ2) is 7.41. The SMILES string of the molecule is CNC(=O)CNc1ccc(NC(=O)CC(C)C)cc1. The quantitative estimate of drug-likeness (QED) is 0.733. The maximum Gasteiger partial charge on any atom is 0.239 e. The van der Waals surface area contributed by atoms with Gasteiger partial charge in [0.05, 0.1) is 6.54 Å². The summed E-state index contributed by atoms with van der Waals surface area (Å²) in [6, 6.07) is 7.27. The number of hydrogen-bond donors (Lipinski definition) is 3. The molecule has 0 aliphatic rings. The van der Waals surface area contributed by atoms with Gasteiger partial charge in [-0.15, -0.1) is 0 Å². The Labute approximate surface area is 113 Å². The van der Waals surface area contributed by atoms with E-state index in [1.54, 1.807) is 7.05 Å². The number of hydrogen-bond acceptors (Lipinski definition) is 3. The molecule has 0 spiro atoms. The smallest absolute Gasteiger partial charge is 0.239 e. The summed E-state index contributed by atoms with van der Waals surface area (Å²) in [6.07, 6.45) is 0.511. The van der Waals surface area contributed by atoms with Gasteiger partial charge in [-0.3, -0.25) is 9.59 Å². The Bertz CT molecular complexity index is 427. The first-order valence-electron chi connectivity index (χ1n) is 6.35. The zero-order valence-corrected chi connectivity index (χ0v) is 11.6. The van der Waals surface area contributed by atoms with E-state index in [0.29, 0.717) is 12.3 Å². The lowest BCUT2D eigenvalue weighted by atomic mass is 10.1. The Kier molecular flexibility index (Phi) is 5.85. The van der Waals surface area contributed by atoms with Crippen molar-refractivity contribution in [2.24, 2.45) is 5.92 Å². The number of likely N-dealkylation sites (N-methyl/N-ethyl adjacent to an activating group) is 1. The Hall–Kier alpha value is -2.04. The van der Waals surface area contributed by atoms with Crippen LogP contribution in [0.5, 0.6) is 0 Å². The van der Waals surface area contributed by atoms with E-state index >= 15 is 0 Å². The van der Waals surface area contributed by atoms with Crippen LogP contribution in [0.25, 0.3) is 0 Å². The van der Waals surface area contributed by atoms with Gasteiger partial charge >= 0.3 is 0 Å². The fourth-order valence-electron chi connectivity index (χ4n) is 1.52. The average Bonchev–Trinajstić information content (AvgIpc) is 2.36. The van der Waals surface area contributed by atoms with Crippen LogP contribution in [0.15, 0.2) is 24.3 Å². The van der Waals surface area contributed by atoms with Crippen molar-refractivity contribution in [3.8, 4) is 0 Å². The molecule has 0 unspecified atom stereocenters. The zero-order valence-electron chi connectivity index (χ0n) is 11.6. The lowest BCUT2D eigenvalue weighted by Crippen LogP contribution is -2.26. The molecule has 0 aliphatic carbocycles. The first-order chi connectivity index (χ1) is 9.01. The highest BCUT2D eigenvalue weighted by atomic mass is 16.2. The van der Waals surface area contributed by atoms with Crippen molar-refractivity contribution in [2.75, 3.05) is 24.2 Å². The van der Waals surface area contributed by atoms with Gasteiger partial charge in [-0.05, 0) is 30.2 Å². The van der Waals surface area contributed by atoms with Crippen LogP contribution in [0.2, 0.25) is 0 Å². The molecule has 2 amide bonds. The molecule has 3 N–H and O–H groups in total. The van der Waals surface area contributed by atoms with Crippen LogP contribution in [0, 0.1) is 5.92 Å². The van der Waals surface area contributed by atoms with E-state index < -0.39 is 0 Å². The van der Waals surface area contributed by atoms with E-state index in [1.165, 1.54) is 0 Å². The third kappa shape index (κ3) is 5.90. The molecule has 1 aromatic rings. The molecule has 1 aromatic carbocycles. The second-order valence-corrected chi connectivity index (χ2v) is 4.75. The molecule has 1 rings (SSSR count). The molecule has 0 atom stereocenters. The minimum absolute atomic E-state index is 0.0149. The number of carbonyl (C=O) groups is 2. The van der Waals surface area contributed by atoms with Crippen LogP contribution in [0.3, 0.4) is 0 Å². The summed E-state index contributed by atoms with van der Waals surface area (Å²) >= 11 is 0. The van der Waals surface area contributed by atoms with Crippen LogP contribution >= 0.6 is 0 Å². The molecule has 0 radical (unpaired) electrons. The first kappa shape index (κ1) is 15.0. The summed E-state index contributed by atoms with van der Waals surface area (Å²) in [5.41, 5.74) is 1.60. The van der Waals surface area contributed by atoms with Gasteiger partial charge in [-0.2, -0.15) is 0 Å². The third-order valence-corrected chi connectivity index (χ3v) is 2.49. The van der Waals surface area contributed by atoms with Crippen molar-refractivity contribution in [3.05, 3.63) is 24.3 Å². The number of carbonyl (C=O) groups excluding carboxylic acids is 2. The van der Waals surface area contributed by atoms with Gasteiger partial charge in [-0.25, -0.2) is 0 Å². The molecule has 104 valence electrons. The molecule has 0 aliphatic heterocycles. The van der Waals surface area contributed by atoms with Crippen LogP contribution < -0.4 is 16.0 Å². The van der Waals surface area contributed by atoms with Gasteiger partial charge in [0.1, 0.15) is 0 Å². The molecular weight excluding hydrogens is 242 g/mol. The van der Waals surface area contributed by atoms with Crippen LogP contribution in [-0.4, -0.2) is 25.4 Å². The predicted octanol–water partition coefficient (Wildman–Crippen LogP) is 1.83. The van der Waals surface area contributed by atoms with Gasteiger partial charge in [0.2, 0.25) is 11.8 Å². The Morgan fingerprint density at radius 1 is 1.05 bits per heavy atom. The molecule has 0 bridgehead atoms. The monoisotopic (exact) mass is 263 g/mol. The molecule has 0 saturated carbocycles. The molecule has 0 saturated heterocycles. The summed E-state index contributed by atoms with van der Waals surface area (Å²) in [6.45, 7) is 4.24. The van der Waals surface area contributed by atoms with Gasteiger partial charge in [0.15, 0.2) is 0 Å². The highest BCUT2D eigenvalue weighted by molar-refractivity contribution is 5.91. The molecule has 0 fully saturated rings. The van der Waals surface area contributed by atoms with E-state index in [0.717, 1.165) is 11.4 Å². The topological polar surface area (TPSA) is 70.2 Å². The lowest BCUT2D eigenvalue weighted by Gasteiger charge is -2.09. The molecule has 5 nitrogen and oxygen atoms in total. The Morgan fingerprint density at radius 2 is 1.63 bits per heavy atom. The van der Waals surface area contributed by atoms with Crippen molar-refractivity contribution in [1.82, 2.24) is 5.32 Å². The number of anilines is 2. The van der Waals surface area contributed by atoms with E-state index in [9.17, 15) is 9.59 Å². The van der Waals surface area contributed by atoms with Gasteiger partial charge in [0.25, 0.3) is 0 Å². The van der Waals surface area contributed by atoms with Crippen LogP contribution in [0.4, 0.5) is 11.4 Å². The maximum absolute atomic E-state index is 11.6. The molecule has 5 heteroatoms. The maximum atomic E-state index is 11.6. The molecule has 0 aromatic heterocycles. The third-order valence-electron chi connectivity index (χ3n) is 2.49. The second-order valence-electron chi connectivity index (χ2n) is 4.75. The van der Waals surface area contributed by atoms with Gasteiger partial charge in [-0.1, -0.05) is 13.8 Å². The summed E-state index contributed by atoms with van der Waals surface area (Å²) in [7, 11) is 1.59. The average molecular weight is 263 g/mol. The molecular formula is C14H21N3O2. The summed E-state index contributed by atoms with van der Waals surface area (Å²) in [4.78, 5) is 22.7.